The van der Waals surface area contributed by atoms with E-state index in [1.54, 1.807) is 0 Å². The Morgan fingerprint density at radius 3 is 2.70 bits per heavy atom. The molecule has 3 atom stereocenters. The molecule has 0 bridgehead atoms. The molecule has 20 heavy (non-hydrogen) atoms. The number of carboxylic acid groups (broad SMARTS) is 1. The van der Waals surface area contributed by atoms with E-state index >= 15 is 0 Å². The second-order valence-corrected chi connectivity index (χ2v) is 6.64. The first-order chi connectivity index (χ1) is 9.58. The van der Waals surface area contributed by atoms with Gasteiger partial charge in [-0.2, -0.15) is 0 Å². The van der Waals surface area contributed by atoms with Crippen LogP contribution < -0.4 is 0 Å². The SMILES string of the molecule is CC1(c2ccccc2)CCC(N2CCC(C(=O)O)C2)C1. The molecule has 1 N–H and O–H groups in total. The van der Waals surface area contributed by atoms with Crippen LogP contribution in [-0.2, 0) is 10.2 Å². The molecule has 1 saturated carbocycles. The van der Waals surface area contributed by atoms with Crippen molar-refractivity contribution in [1.82, 2.24) is 4.90 Å². The molecular formula is C17H23NO2. The third-order valence-corrected chi connectivity index (χ3v) is 5.27. The lowest BCUT2D eigenvalue weighted by molar-refractivity contribution is -0.141. The molecule has 0 aromatic heterocycles. The fraction of sp³-hybridized carbons (Fsp3) is 0.588. The molecule has 1 heterocycles. The smallest absolute Gasteiger partial charge is 0.307 e. The van der Waals surface area contributed by atoms with E-state index in [0.717, 1.165) is 25.9 Å². The Morgan fingerprint density at radius 1 is 1.30 bits per heavy atom. The van der Waals surface area contributed by atoms with Crippen LogP contribution in [0.15, 0.2) is 30.3 Å². The summed E-state index contributed by atoms with van der Waals surface area (Å²) in [7, 11) is 0. The number of likely N-dealkylation sites (tertiary alicyclic amines) is 1. The van der Waals surface area contributed by atoms with E-state index in [9.17, 15) is 4.79 Å². The second kappa shape index (κ2) is 5.21. The summed E-state index contributed by atoms with van der Waals surface area (Å²) in [6.45, 7) is 4.05. The number of hydrogen-bond acceptors (Lipinski definition) is 2. The fourth-order valence-corrected chi connectivity index (χ4v) is 3.94. The summed E-state index contributed by atoms with van der Waals surface area (Å²) >= 11 is 0. The summed E-state index contributed by atoms with van der Waals surface area (Å²) in [5.74, 6) is -0.783. The molecule has 3 heteroatoms. The van der Waals surface area contributed by atoms with Crippen molar-refractivity contribution < 1.29 is 9.90 Å². The highest BCUT2D eigenvalue weighted by molar-refractivity contribution is 5.70. The summed E-state index contributed by atoms with van der Waals surface area (Å²) < 4.78 is 0. The van der Waals surface area contributed by atoms with E-state index < -0.39 is 5.97 Å². The van der Waals surface area contributed by atoms with Gasteiger partial charge < -0.3 is 5.11 Å². The molecule has 1 saturated heterocycles. The number of benzene rings is 1. The normalized spacial score (nSPS) is 34.5. The Labute approximate surface area is 120 Å². The molecule has 3 unspecified atom stereocenters. The van der Waals surface area contributed by atoms with Crippen molar-refractivity contribution in [3.8, 4) is 0 Å². The zero-order valence-electron chi connectivity index (χ0n) is 12.1. The molecule has 1 aromatic carbocycles. The molecule has 0 radical (unpaired) electrons. The highest BCUT2D eigenvalue weighted by atomic mass is 16.4. The number of rotatable bonds is 3. The average Bonchev–Trinajstić information content (AvgIpc) is 3.07. The van der Waals surface area contributed by atoms with Crippen LogP contribution in [0.25, 0.3) is 0 Å². The predicted molar refractivity (Wildman–Crippen MR) is 78.7 cm³/mol. The van der Waals surface area contributed by atoms with Crippen LogP contribution in [0, 0.1) is 5.92 Å². The van der Waals surface area contributed by atoms with E-state index in [4.69, 9.17) is 5.11 Å². The first kappa shape index (κ1) is 13.6. The maximum Gasteiger partial charge on any atom is 0.307 e. The van der Waals surface area contributed by atoms with Crippen LogP contribution in [0.4, 0.5) is 0 Å². The van der Waals surface area contributed by atoms with E-state index in [-0.39, 0.29) is 11.3 Å². The Hall–Kier alpha value is -1.35. The van der Waals surface area contributed by atoms with Crippen molar-refractivity contribution in [2.75, 3.05) is 13.1 Å². The summed E-state index contributed by atoms with van der Waals surface area (Å²) in [6.07, 6.45) is 4.37. The summed E-state index contributed by atoms with van der Waals surface area (Å²) in [5.41, 5.74) is 1.68. The van der Waals surface area contributed by atoms with Gasteiger partial charge in [-0.15, -0.1) is 0 Å². The lowest BCUT2D eigenvalue weighted by atomic mass is 9.81. The zero-order valence-corrected chi connectivity index (χ0v) is 12.1. The Morgan fingerprint density at radius 2 is 2.05 bits per heavy atom. The standard InChI is InChI=1S/C17H23NO2/c1-17(14-5-3-2-4-6-14)9-7-15(11-17)18-10-8-13(12-18)16(19)20/h2-6,13,15H,7-12H2,1H3,(H,19,20). The largest absolute Gasteiger partial charge is 0.481 e. The van der Waals surface area contributed by atoms with E-state index in [1.807, 2.05) is 0 Å². The van der Waals surface area contributed by atoms with Gasteiger partial charge in [0.05, 0.1) is 5.92 Å². The molecule has 0 spiro atoms. The number of carboxylic acids is 1. The quantitative estimate of drug-likeness (QED) is 0.920. The van der Waals surface area contributed by atoms with E-state index in [1.165, 1.54) is 18.4 Å². The van der Waals surface area contributed by atoms with Gasteiger partial charge in [0.2, 0.25) is 0 Å². The number of carbonyl (C=O) groups is 1. The molecule has 108 valence electrons. The molecule has 1 aliphatic carbocycles. The molecule has 1 aromatic rings. The topological polar surface area (TPSA) is 40.5 Å². The lowest BCUT2D eigenvalue weighted by Crippen LogP contribution is -2.33. The van der Waals surface area contributed by atoms with Gasteiger partial charge in [-0.05, 0) is 43.2 Å². The van der Waals surface area contributed by atoms with Crippen LogP contribution in [0.5, 0.6) is 0 Å². The molecule has 3 nitrogen and oxygen atoms in total. The van der Waals surface area contributed by atoms with Crippen molar-refractivity contribution in [2.24, 2.45) is 5.92 Å². The monoisotopic (exact) mass is 273 g/mol. The van der Waals surface area contributed by atoms with Gasteiger partial charge in [-0.1, -0.05) is 37.3 Å². The minimum absolute atomic E-state index is 0.154. The third-order valence-electron chi connectivity index (χ3n) is 5.27. The summed E-state index contributed by atoms with van der Waals surface area (Å²) in [6, 6.07) is 11.3. The van der Waals surface area contributed by atoms with Gasteiger partial charge in [0.1, 0.15) is 0 Å². The molecular weight excluding hydrogens is 250 g/mol. The maximum absolute atomic E-state index is 11.1. The summed E-state index contributed by atoms with van der Waals surface area (Å²) in [5, 5.41) is 9.13. The van der Waals surface area contributed by atoms with Gasteiger partial charge in [-0.3, -0.25) is 9.69 Å². The molecule has 3 rings (SSSR count). The minimum Gasteiger partial charge on any atom is -0.481 e. The van der Waals surface area contributed by atoms with E-state index in [0.29, 0.717) is 6.04 Å². The third kappa shape index (κ3) is 2.47. The van der Waals surface area contributed by atoms with Crippen LogP contribution >= 0.6 is 0 Å². The van der Waals surface area contributed by atoms with Crippen LogP contribution in [0.3, 0.4) is 0 Å². The van der Waals surface area contributed by atoms with Crippen molar-refractivity contribution >= 4 is 5.97 Å². The van der Waals surface area contributed by atoms with Gasteiger partial charge in [0.15, 0.2) is 0 Å². The average molecular weight is 273 g/mol. The van der Waals surface area contributed by atoms with Gasteiger partial charge in [0, 0.05) is 12.6 Å². The van der Waals surface area contributed by atoms with Gasteiger partial charge in [0.25, 0.3) is 0 Å². The van der Waals surface area contributed by atoms with Crippen molar-refractivity contribution in [3.63, 3.8) is 0 Å². The van der Waals surface area contributed by atoms with E-state index in [2.05, 4.69) is 42.2 Å². The summed E-state index contributed by atoms with van der Waals surface area (Å²) in [4.78, 5) is 13.5. The van der Waals surface area contributed by atoms with Crippen LogP contribution in [0.1, 0.15) is 38.2 Å². The Kier molecular flexibility index (Phi) is 3.55. The second-order valence-electron chi connectivity index (χ2n) is 6.64. The zero-order chi connectivity index (χ0) is 14.2. The number of hydrogen-bond donors (Lipinski definition) is 1. The Bertz CT molecular complexity index is 487. The molecule has 0 amide bonds. The molecule has 1 aliphatic heterocycles. The number of aliphatic carboxylic acids is 1. The van der Waals surface area contributed by atoms with Gasteiger partial charge in [-0.25, -0.2) is 0 Å². The first-order valence-corrected chi connectivity index (χ1v) is 7.61. The first-order valence-electron chi connectivity index (χ1n) is 7.61. The predicted octanol–water partition coefficient (Wildman–Crippen LogP) is 2.90. The maximum atomic E-state index is 11.1. The van der Waals surface area contributed by atoms with Gasteiger partial charge >= 0.3 is 5.97 Å². The molecule has 2 aliphatic rings. The van der Waals surface area contributed by atoms with Crippen LogP contribution in [0.2, 0.25) is 0 Å². The van der Waals surface area contributed by atoms with Crippen LogP contribution in [-0.4, -0.2) is 35.1 Å². The highest BCUT2D eigenvalue weighted by Crippen LogP contribution is 2.43. The van der Waals surface area contributed by atoms with Crippen molar-refractivity contribution in [3.05, 3.63) is 35.9 Å². The highest BCUT2D eigenvalue weighted by Gasteiger charge is 2.41. The van der Waals surface area contributed by atoms with Crippen molar-refractivity contribution in [2.45, 2.75) is 44.1 Å². The minimum atomic E-state index is -0.628. The Balaban J connectivity index is 1.67. The lowest BCUT2D eigenvalue weighted by Gasteiger charge is -2.28. The number of nitrogens with zero attached hydrogens (tertiary/aromatic N) is 1. The fourth-order valence-electron chi connectivity index (χ4n) is 3.94. The van der Waals surface area contributed by atoms with Crippen molar-refractivity contribution in [1.29, 1.82) is 0 Å². The molecule has 2 fully saturated rings.